The summed E-state index contributed by atoms with van der Waals surface area (Å²) in [4.78, 5) is 20.7. The third-order valence-electron chi connectivity index (χ3n) is 4.91. The Morgan fingerprint density at radius 1 is 1.20 bits per heavy atom. The first kappa shape index (κ1) is 19.2. The van der Waals surface area contributed by atoms with Crippen LogP contribution in [0.5, 0.6) is 0 Å². The molecule has 1 amide bonds. The molecule has 138 valence electrons. The average molecular weight is 348 g/mol. The Hall–Kier alpha value is -2.11. The summed E-state index contributed by atoms with van der Waals surface area (Å²) < 4.78 is 13.0. The lowest BCUT2D eigenvalue weighted by molar-refractivity contribution is -0.138. The van der Waals surface area contributed by atoms with Gasteiger partial charge in [-0.25, -0.2) is 4.39 Å². The molecule has 0 aromatic heterocycles. The molecule has 2 rings (SSSR count). The van der Waals surface area contributed by atoms with Gasteiger partial charge in [0.05, 0.1) is 5.41 Å². The van der Waals surface area contributed by atoms with Crippen LogP contribution in [0.4, 0.5) is 4.39 Å². The molecular weight excluding hydrogens is 319 g/mol. The molecule has 0 radical (unpaired) electrons. The predicted molar refractivity (Wildman–Crippen MR) is 98.8 cm³/mol. The number of amides is 1. The van der Waals surface area contributed by atoms with Gasteiger partial charge in [0, 0.05) is 41.3 Å². The van der Waals surface area contributed by atoms with Gasteiger partial charge in [0.2, 0.25) is 5.91 Å². The largest absolute Gasteiger partial charge is 0.355 e. The Morgan fingerprint density at radius 2 is 1.80 bits per heavy atom. The molecule has 0 bridgehead atoms. The molecule has 1 aliphatic carbocycles. The molecule has 1 N–H and O–H groups in total. The number of aliphatic imine (C=N–C) groups is 1. The zero-order chi connectivity index (χ0) is 18.4. The summed E-state index contributed by atoms with van der Waals surface area (Å²) in [5.74, 6) is 0.690. The number of hydrogen-bond donors (Lipinski definition) is 1. The summed E-state index contributed by atoms with van der Waals surface area (Å²) in [5, 5.41) is 3.37. The molecule has 1 aromatic rings. The minimum Gasteiger partial charge on any atom is -0.355 e. The minimum atomic E-state index is -0.337. The molecule has 1 aromatic carbocycles. The van der Waals surface area contributed by atoms with Crippen LogP contribution in [0, 0.1) is 11.2 Å². The van der Waals surface area contributed by atoms with E-state index in [-0.39, 0.29) is 17.1 Å². The predicted octanol–water partition coefficient (Wildman–Crippen LogP) is 2.48. The second-order valence-electron chi connectivity index (χ2n) is 7.07. The zero-order valence-corrected chi connectivity index (χ0v) is 15.7. The number of carbonyl (C=O) groups excluding carboxylic acids is 1. The SMILES string of the molecule is CN=C(NCC1(C(=O)N(C)C)CCCC1)N(C)Cc1ccc(F)cc1. The van der Waals surface area contributed by atoms with E-state index in [0.717, 1.165) is 37.2 Å². The number of benzene rings is 1. The average Bonchev–Trinajstić information content (AvgIpc) is 3.06. The van der Waals surface area contributed by atoms with Gasteiger partial charge in [-0.15, -0.1) is 0 Å². The van der Waals surface area contributed by atoms with E-state index in [9.17, 15) is 9.18 Å². The lowest BCUT2D eigenvalue weighted by Gasteiger charge is -2.32. The van der Waals surface area contributed by atoms with Crippen molar-refractivity contribution in [1.82, 2.24) is 15.1 Å². The maximum absolute atomic E-state index is 13.0. The molecule has 6 heteroatoms. The minimum absolute atomic E-state index is 0.189. The van der Waals surface area contributed by atoms with Gasteiger partial charge in [0.25, 0.3) is 0 Å². The van der Waals surface area contributed by atoms with Crippen LogP contribution < -0.4 is 5.32 Å². The highest BCUT2D eigenvalue weighted by Gasteiger charge is 2.42. The smallest absolute Gasteiger partial charge is 0.230 e. The Labute approximate surface area is 149 Å². The first-order valence-corrected chi connectivity index (χ1v) is 8.76. The fourth-order valence-corrected chi connectivity index (χ4v) is 3.56. The van der Waals surface area contributed by atoms with Crippen molar-refractivity contribution < 1.29 is 9.18 Å². The molecule has 1 fully saturated rings. The van der Waals surface area contributed by atoms with Gasteiger partial charge >= 0.3 is 0 Å². The number of guanidine groups is 1. The lowest BCUT2D eigenvalue weighted by Crippen LogP contribution is -2.49. The highest BCUT2D eigenvalue weighted by Crippen LogP contribution is 2.38. The van der Waals surface area contributed by atoms with Crippen LogP contribution in [0.1, 0.15) is 31.2 Å². The Morgan fingerprint density at radius 3 is 2.32 bits per heavy atom. The van der Waals surface area contributed by atoms with Gasteiger partial charge in [-0.1, -0.05) is 25.0 Å². The molecule has 1 saturated carbocycles. The fourth-order valence-electron chi connectivity index (χ4n) is 3.56. The number of carbonyl (C=O) groups is 1. The number of nitrogens with zero attached hydrogens (tertiary/aromatic N) is 3. The van der Waals surface area contributed by atoms with E-state index in [1.54, 1.807) is 24.1 Å². The molecule has 1 aliphatic rings. The summed E-state index contributed by atoms with van der Waals surface area (Å²) in [7, 11) is 7.31. The summed E-state index contributed by atoms with van der Waals surface area (Å²) in [6.45, 7) is 1.21. The van der Waals surface area contributed by atoms with E-state index in [2.05, 4.69) is 10.3 Å². The van der Waals surface area contributed by atoms with Crippen LogP contribution in [0.15, 0.2) is 29.3 Å². The highest BCUT2D eigenvalue weighted by atomic mass is 19.1. The summed E-state index contributed by atoms with van der Waals surface area (Å²) in [5.41, 5.74) is 0.669. The fraction of sp³-hybridized carbons (Fsp3) is 0.579. The Kier molecular flexibility index (Phi) is 6.39. The Balaban J connectivity index is 2.00. The van der Waals surface area contributed by atoms with Crippen LogP contribution in [-0.2, 0) is 11.3 Å². The first-order chi connectivity index (χ1) is 11.9. The topological polar surface area (TPSA) is 47.9 Å². The molecule has 5 nitrogen and oxygen atoms in total. The monoisotopic (exact) mass is 348 g/mol. The van der Waals surface area contributed by atoms with Gasteiger partial charge in [-0.05, 0) is 30.5 Å². The van der Waals surface area contributed by atoms with E-state index < -0.39 is 0 Å². The number of hydrogen-bond acceptors (Lipinski definition) is 2. The van der Waals surface area contributed by atoms with E-state index in [4.69, 9.17) is 0 Å². The number of nitrogens with one attached hydrogen (secondary N) is 1. The molecule has 25 heavy (non-hydrogen) atoms. The van der Waals surface area contributed by atoms with E-state index in [0.29, 0.717) is 13.1 Å². The van der Waals surface area contributed by atoms with Gasteiger partial charge in [-0.2, -0.15) is 0 Å². The Bertz CT molecular complexity index is 606. The number of rotatable bonds is 5. The van der Waals surface area contributed by atoms with Crippen LogP contribution in [0.25, 0.3) is 0 Å². The van der Waals surface area contributed by atoms with Crippen molar-refractivity contribution in [1.29, 1.82) is 0 Å². The third kappa shape index (κ3) is 4.71. The lowest BCUT2D eigenvalue weighted by atomic mass is 9.84. The van der Waals surface area contributed by atoms with Crippen LogP contribution in [0.3, 0.4) is 0 Å². The van der Waals surface area contributed by atoms with E-state index in [1.165, 1.54) is 12.1 Å². The summed E-state index contributed by atoms with van der Waals surface area (Å²) >= 11 is 0. The second kappa shape index (κ2) is 8.32. The van der Waals surface area contributed by atoms with Crippen molar-refractivity contribution in [3.05, 3.63) is 35.6 Å². The van der Waals surface area contributed by atoms with Crippen LogP contribution in [0.2, 0.25) is 0 Å². The molecule has 0 atom stereocenters. The highest BCUT2D eigenvalue weighted by molar-refractivity contribution is 5.85. The summed E-state index contributed by atoms with van der Waals surface area (Å²) in [6.07, 6.45) is 4.00. The molecule has 0 aliphatic heterocycles. The normalized spacial score (nSPS) is 16.6. The van der Waals surface area contributed by atoms with Gasteiger partial charge in [0.15, 0.2) is 5.96 Å². The molecule has 0 saturated heterocycles. The van der Waals surface area contributed by atoms with Crippen LogP contribution in [-0.4, -0.2) is 56.4 Å². The quantitative estimate of drug-likeness (QED) is 0.657. The maximum atomic E-state index is 13.0. The van der Waals surface area contributed by atoms with Gasteiger partial charge in [0.1, 0.15) is 5.82 Å². The van der Waals surface area contributed by atoms with Crippen molar-refractivity contribution in [2.45, 2.75) is 32.2 Å². The third-order valence-corrected chi connectivity index (χ3v) is 4.91. The van der Waals surface area contributed by atoms with Crippen LogP contribution >= 0.6 is 0 Å². The molecule has 0 heterocycles. The van der Waals surface area contributed by atoms with E-state index >= 15 is 0 Å². The summed E-state index contributed by atoms with van der Waals surface area (Å²) in [6, 6.07) is 6.46. The standard InChI is InChI=1S/C19H29FN4O/c1-21-18(24(4)13-15-7-9-16(20)10-8-15)22-14-19(11-5-6-12-19)17(25)23(2)3/h7-10H,5-6,11-14H2,1-4H3,(H,21,22). The van der Waals surface area contributed by atoms with Crippen molar-refractivity contribution in [2.75, 3.05) is 34.7 Å². The second-order valence-corrected chi connectivity index (χ2v) is 7.07. The number of halogens is 1. The van der Waals surface area contributed by atoms with Crippen molar-refractivity contribution >= 4 is 11.9 Å². The van der Waals surface area contributed by atoms with Crippen molar-refractivity contribution in [3.8, 4) is 0 Å². The van der Waals surface area contributed by atoms with E-state index in [1.807, 2.05) is 26.0 Å². The maximum Gasteiger partial charge on any atom is 0.230 e. The van der Waals surface area contributed by atoms with Gasteiger partial charge in [-0.3, -0.25) is 9.79 Å². The molecule has 0 unspecified atom stereocenters. The molecule has 0 spiro atoms. The first-order valence-electron chi connectivity index (χ1n) is 8.76. The van der Waals surface area contributed by atoms with Crippen molar-refractivity contribution in [2.24, 2.45) is 10.4 Å². The van der Waals surface area contributed by atoms with Crippen molar-refractivity contribution in [3.63, 3.8) is 0 Å². The molecular formula is C19H29FN4O. The zero-order valence-electron chi connectivity index (χ0n) is 15.7. The van der Waals surface area contributed by atoms with Gasteiger partial charge < -0.3 is 15.1 Å².